The Bertz CT molecular complexity index is 591. The van der Waals surface area contributed by atoms with Gasteiger partial charge in [-0.05, 0) is 36.1 Å². The van der Waals surface area contributed by atoms with Crippen molar-refractivity contribution in [1.82, 2.24) is 4.98 Å². The van der Waals surface area contributed by atoms with Gasteiger partial charge >= 0.3 is 5.97 Å². The van der Waals surface area contributed by atoms with E-state index in [0.717, 1.165) is 31.1 Å². The highest BCUT2D eigenvalue weighted by atomic mass is 19.1. The number of nitrogens with one attached hydrogen (secondary N) is 1. The van der Waals surface area contributed by atoms with Crippen molar-refractivity contribution in [2.24, 2.45) is 0 Å². The van der Waals surface area contributed by atoms with Crippen LogP contribution in [0.4, 0.5) is 4.39 Å². The predicted octanol–water partition coefficient (Wildman–Crippen LogP) is 4.45. The van der Waals surface area contributed by atoms with Crippen LogP contribution in [0.1, 0.15) is 50.6 Å². The van der Waals surface area contributed by atoms with E-state index in [1.54, 1.807) is 6.07 Å². The Morgan fingerprint density at radius 2 is 2.10 bits per heavy atom. The van der Waals surface area contributed by atoms with Gasteiger partial charge < -0.3 is 10.1 Å². The first-order valence-electron chi connectivity index (χ1n) is 7.12. The number of carbonyl (C=O) groups is 1. The van der Waals surface area contributed by atoms with Crippen molar-refractivity contribution in [3.63, 3.8) is 0 Å². The van der Waals surface area contributed by atoms with E-state index >= 15 is 0 Å². The summed E-state index contributed by atoms with van der Waals surface area (Å²) < 4.78 is 13.2. The highest BCUT2D eigenvalue weighted by Gasteiger charge is 2.21. The molecule has 2 aromatic rings. The van der Waals surface area contributed by atoms with Gasteiger partial charge in [0.05, 0.1) is 5.92 Å². The first-order valence-corrected chi connectivity index (χ1v) is 7.12. The van der Waals surface area contributed by atoms with Crippen molar-refractivity contribution in [3.05, 3.63) is 35.8 Å². The Kier molecular flexibility index (Phi) is 4.77. The maximum absolute atomic E-state index is 13.2. The number of aliphatic carboxylic acids is 1. The molecule has 1 aromatic heterocycles. The largest absolute Gasteiger partial charge is 0.481 e. The maximum Gasteiger partial charge on any atom is 0.312 e. The topological polar surface area (TPSA) is 53.1 Å². The van der Waals surface area contributed by atoms with Gasteiger partial charge in [-0.1, -0.05) is 32.6 Å². The summed E-state index contributed by atoms with van der Waals surface area (Å²) in [6, 6.07) is 6.26. The summed E-state index contributed by atoms with van der Waals surface area (Å²) in [5.41, 5.74) is 1.31. The van der Waals surface area contributed by atoms with Crippen LogP contribution in [0.15, 0.2) is 24.3 Å². The van der Waals surface area contributed by atoms with Crippen LogP contribution in [0.5, 0.6) is 0 Å². The monoisotopic (exact) mass is 277 g/mol. The second-order valence-corrected chi connectivity index (χ2v) is 5.20. The average Bonchev–Trinajstić information content (AvgIpc) is 2.80. The van der Waals surface area contributed by atoms with Gasteiger partial charge in [-0.3, -0.25) is 4.79 Å². The number of carboxylic acid groups (broad SMARTS) is 1. The van der Waals surface area contributed by atoms with E-state index in [0.29, 0.717) is 17.6 Å². The van der Waals surface area contributed by atoms with Crippen molar-refractivity contribution < 1.29 is 14.3 Å². The normalized spacial score (nSPS) is 12.7. The number of carboxylic acids is 1. The van der Waals surface area contributed by atoms with Gasteiger partial charge in [0.1, 0.15) is 5.82 Å². The molecule has 0 bridgehead atoms. The zero-order chi connectivity index (χ0) is 14.5. The number of fused-ring (bicyclic) bond motifs is 1. The molecule has 0 fully saturated rings. The van der Waals surface area contributed by atoms with Crippen LogP contribution in [-0.4, -0.2) is 16.1 Å². The lowest BCUT2D eigenvalue weighted by Gasteiger charge is -2.10. The first kappa shape index (κ1) is 14.6. The van der Waals surface area contributed by atoms with E-state index in [1.807, 2.05) is 6.07 Å². The summed E-state index contributed by atoms with van der Waals surface area (Å²) >= 11 is 0. The van der Waals surface area contributed by atoms with E-state index in [2.05, 4.69) is 11.9 Å². The summed E-state index contributed by atoms with van der Waals surface area (Å²) in [6.45, 7) is 2.13. The molecule has 1 heterocycles. The van der Waals surface area contributed by atoms with Crippen molar-refractivity contribution in [2.75, 3.05) is 0 Å². The second-order valence-electron chi connectivity index (χ2n) is 5.20. The van der Waals surface area contributed by atoms with E-state index in [-0.39, 0.29) is 5.82 Å². The minimum Gasteiger partial charge on any atom is -0.481 e. The molecule has 3 nitrogen and oxygen atoms in total. The SMILES string of the molecule is CCCCCCC(C(=O)O)c1cc2ccc(F)cc2[nH]1. The minimum absolute atomic E-state index is 0.319. The Morgan fingerprint density at radius 3 is 2.80 bits per heavy atom. The number of H-pyrrole nitrogens is 1. The standard InChI is InChI=1S/C16H20FNO2/c1-2-3-4-5-6-13(16(19)20)15-9-11-7-8-12(17)10-14(11)18-15/h7-10,13,18H,2-6H2,1H3,(H,19,20). The first-order chi connectivity index (χ1) is 9.61. The summed E-state index contributed by atoms with van der Waals surface area (Å²) in [7, 11) is 0. The molecule has 108 valence electrons. The van der Waals surface area contributed by atoms with Gasteiger partial charge in [-0.15, -0.1) is 0 Å². The van der Waals surface area contributed by atoms with Gasteiger partial charge in [-0.2, -0.15) is 0 Å². The van der Waals surface area contributed by atoms with Crippen molar-refractivity contribution in [3.8, 4) is 0 Å². The zero-order valence-corrected chi connectivity index (χ0v) is 11.7. The van der Waals surface area contributed by atoms with E-state index in [9.17, 15) is 14.3 Å². The smallest absolute Gasteiger partial charge is 0.312 e. The molecule has 0 aliphatic heterocycles. The van der Waals surface area contributed by atoms with Gasteiger partial charge in [0, 0.05) is 11.2 Å². The Balaban J connectivity index is 2.16. The third-order valence-corrected chi connectivity index (χ3v) is 3.63. The van der Waals surface area contributed by atoms with Crippen LogP contribution in [-0.2, 0) is 4.79 Å². The minimum atomic E-state index is -0.825. The number of halogens is 1. The number of aromatic nitrogens is 1. The third kappa shape index (κ3) is 3.38. The fourth-order valence-corrected chi connectivity index (χ4v) is 2.50. The fraction of sp³-hybridized carbons (Fsp3) is 0.438. The second kappa shape index (κ2) is 6.55. The summed E-state index contributed by atoms with van der Waals surface area (Å²) in [5.74, 6) is -1.68. The number of hydrogen-bond donors (Lipinski definition) is 2. The number of hydrogen-bond acceptors (Lipinski definition) is 1. The molecule has 1 aromatic carbocycles. The van der Waals surface area contributed by atoms with Crippen LogP contribution in [0.3, 0.4) is 0 Å². The van der Waals surface area contributed by atoms with Crippen LogP contribution in [0, 0.1) is 5.82 Å². The summed E-state index contributed by atoms with van der Waals surface area (Å²) in [6.07, 6.45) is 4.82. The van der Waals surface area contributed by atoms with Gasteiger partial charge in [0.25, 0.3) is 0 Å². The maximum atomic E-state index is 13.2. The lowest BCUT2D eigenvalue weighted by atomic mass is 9.97. The van der Waals surface area contributed by atoms with Crippen molar-refractivity contribution in [1.29, 1.82) is 0 Å². The lowest BCUT2D eigenvalue weighted by Crippen LogP contribution is -2.12. The fourth-order valence-electron chi connectivity index (χ4n) is 2.50. The Labute approximate surface area is 117 Å². The summed E-state index contributed by atoms with van der Waals surface area (Å²) in [5, 5.41) is 10.2. The molecule has 0 aliphatic carbocycles. The lowest BCUT2D eigenvalue weighted by molar-refractivity contribution is -0.139. The molecule has 0 radical (unpaired) electrons. The quantitative estimate of drug-likeness (QED) is 0.735. The Morgan fingerprint density at radius 1 is 1.30 bits per heavy atom. The van der Waals surface area contributed by atoms with E-state index in [4.69, 9.17) is 0 Å². The van der Waals surface area contributed by atoms with Crippen LogP contribution < -0.4 is 0 Å². The van der Waals surface area contributed by atoms with Crippen LogP contribution in [0.2, 0.25) is 0 Å². The molecule has 2 N–H and O–H groups in total. The number of aromatic amines is 1. The average molecular weight is 277 g/mol. The summed E-state index contributed by atoms with van der Waals surface area (Å²) in [4.78, 5) is 14.5. The molecule has 4 heteroatoms. The molecular formula is C16H20FNO2. The van der Waals surface area contributed by atoms with Crippen molar-refractivity contribution >= 4 is 16.9 Å². The van der Waals surface area contributed by atoms with Gasteiger partial charge in [0.2, 0.25) is 0 Å². The number of unbranched alkanes of at least 4 members (excludes halogenated alkanes) is 3. The highest BCUT2D eigenvalue weighted by molar-refractivity contribution is 5.83. The molecule has 0 amide bonds. The predicted molar refractivity (Wildman–Crippen MR) is 77.4 cm³/mol. The number of benzene rings is 1. The van der Waals surface area contributed by atoms with E-state index in [1.165, 1.54) is 12.1 Å². The van der Waals surface area contributed by atoms with Crippen LogP contribution in [0.25, 0.3) is 10.9 Å². The third-order valence-electron chi connectivity index (χ3n) is 3.63. The molecule has 1 atom stereocenters. The molecule has 0 saturated heterocycles. The molecule has 0 saturated carbocycles. The molecule has 0 spiro atoms. The zero-order valence-electron chi connectivity index (χ0n) is 11.7. The highest BCUT2D eigenvalue weighted by Crippen LogP contribution is 2.26. The van der Waals surface area contributed by atoms with Gasteiger partial charge in [0.15, 0.2) is 0 Å². The molecule has 0 aliphatic rings. The van der Waals surface area contributed by atoms with Crippen LogP contribution >= 0.6 is 0 Å². The van der Waals surface area contributed by atoms with E-state index < -0.39 is 11.9 Å². The van der Waals surface area contributed by atoms with Gasteiger partial charge in [-0.25, -0.2) is 4.39 Å². The van der Waals surface area contributed by atoms with Crippen molar-refractivity contribution in [2.45, 2.75) is 44.9 Å². The Hall–Kier alpha value is -1.84. The molecule has 2 rings (SSSR count). The molecule has 20 heavy (non-hydrogen) atoms. The number of rotatable bonds is 7. The molecule has 1 unspecified atom stereocenters. The molecular weight excluding hydrogens is 257 g/mol.